The Labute approximate surface area is 183 Å². The molecule has 3 aromatic rings. The predicted octanol–water partition coefficient (Wildman–Crippen LogP) is 3.55. The fourth-order valence-electron chi connectivity index (χ4n) is 2.77. The normalized spacial score (nSPS) is 13.4. The minimum atomic E-state index is -3.82. The van der Waals surface area contributed by atoms with Crippen LogP contribution in [0.2, 0.25) is 0 Å². The smallest absolute Gasteiger partial charge is 0.263 e. The van der Waals surface area contributed by atoms with Crippen molar-refractivity contribution in [3.63, 3.8) is 0 Å². The first-order valence-electron chi connectivity index (χ1n) is 9.50. The third-order valence-electron chi connectivity index (χ3n) is 4.59. The monoisotopic (exact) mass is 457 g/mol. The van der Waals surface area contributed by atoms with Crippen LogP contribution < -0.4 is 14.8 Å². The molecule has 0 radical (unpaired) electrons. The van der Waals surface area contributed by atoms with Crippen LogP contribution in [-0.4, -0.2) is 31.7 Å². The Morgan fingerprint density at radius 3 is 2.58 bits per heavy atom. The highest BCUT2D eigenvalue weighted by Crippen LogP contribution is 2.30. The van der Waals surface area contributed by atoms with Crippen molar-refractivity contribution in [1.29, 1.82) is 0 Å². The van der Waals surface area contributed by atoms with E-state index in [0.717, 1.165) is 12.8 Å². The number of sulfonamides is 1. The summed E-state index contributed by atoms with van der Waals surface area (Å²) in [5.41, 5.74) is 0.706. The second-order valence-corrected chi connectivity index (χ2v) is 9.56. The van der Waals surface area contributed by atoms with E-state index in [0.29, 0.717) is 17.0 Å². The number of hydrogen-bond acceptors (Lipinski definition) is 7. The average Bonchev–Trinajstić information content (AvgIpc) is 3.50. The van der Waals surface area contributed by atoms with Crippen LogP contribution >= 0.6 is 11.3 Å². The first-order valence-corrected chi connectivity index (χ1v) is 11.9. The van der Waals surface area contributed by atoms with Gasteiger partial charge in [-0.15, -0.1) is 11.3 Å². The van der Waals surface area contributed by atoms with Gasteiger partial charge in [-0.05, 0) is 55.3 Å². The van der Waals surface area contributed by atoms with Crippen molar-refractivity contribution >= 4 is 43.9 Å². The molecular formula is C21H19N3O5S2. The van der Waals surface area contributed by atoms with Gasteiger partial charge in [-0.1, -0.05) is 6.07 Å². The number of rotatable bonds is 9. The number of anilines is 2. The van der Waals surface area contributed by atoms with Crippen molar-refractivity contribution in [3.05, 3.63) is 65.7 Å². The number of amides is 1. The summed E-state index contributed by atoms with van der Waals surface area (Å²) in [5.74, 6) is 0.345. The molecular weight excluding hydrogens is 438 g/mol. The molecule has 1 aromatic heterocycles. The lowest BCUT2D eigenvalue weighted by molar-refractivity contribution is -0.122. The van der Waals surface area contributed by atoms with E-state index in [1.165, 1.54) is 29.7 Å². The molecule has 4 rings (SSSR count). The molecule has 2 N–H and O–H groups in total. The summed E-state index contributed by atoms with van der Waals surface area (Å²) in [6.07, 6.45) is 3.37. The second-order valence-electron chi connectivity index (χ2n) is 6.98. The zero-order valence-corrected chi connectivity index (χ0v) is 17.9. The largest absolute Gasteiger partial charge is 0.486 e. The van der Waals surface area contributed by atoms with E-state index in [4.69, 9.17) is 4.74 Å². The first kappa shape index (κ1) is 21.0. The highest BCUT2D eigenvalue weighted by molar-refractivity contribution is 7.93. The van der Waals surface area contributed by atoms with Gasteiger partial charge in [-0.25, -0.2) is 13.4 Å². The maximum Gasteiger partial charge on any atom is 0.263 e. The number of carbonyl (C=O) groups excluding carboxylic acids is 2. The fraction of sp³-hybridized carbons (Fsp3) is 0.190. The summed E-state index contributed by atoms with van der Waals surface area (Å²) in [6.45, 7) is 0.0342. The average molecular weight is 458 g/mol. The van der Waals surface area contributed by atoms with Crippen molar-refractivity contribution in [2.45, 2.75) is 17.7 Å². The van der Waals surface area contributed by atoms with E-state index >= 15 is 0 Å². The molecule has 31 heavy (non-hydrogen) atoms. The number of aromatic nitrogens is 1. The summed E-state index contributed by atoms with van der Waals surface area (Å²) in [5, 5.41) is 4.61. The summed E-state index contributed by atoms with van der Waals surface area (Å²) < 4.78 is 32.9. The number of hydrogen-bond donors (Lipinski definition) is 2. The molecule has 0 saturated heterocycles. The van der Waals surface area contributed by atoms with E-state index in [1.807, 2.05) is 0 Å². The molecule has 1 saturated carbocycles. The van der Waals surface area contributed by atoms with Crippen molar-refractivity contribution < 1.29 is 22.7 Å². The van der Waals surface area contributed by atoms with Crippen LogP contribution in [-0.2, 0) is 14.8 Å². The number of ketones is 1. The molecule has 0 spiro atoms. The zero-order valence-electron chi connectivity index (χ0n) is 16.3. The molecule has 2 aromatic carbocycles. The lowest BCUT2D eigenvalue weighted by atomic mass is 10.2. The second kappa shape index (κ2) is 8.86. The van der Waals surface area contributed by atoms with Gasteiger partial charge < -0.3 is 10.1 Å². The molecule has 0 bridgehead atoms. The van der Waals surface area contributed by atoms with Crippen LogP contribution in [0.25, 0.3) is 0 Å². The van der Waals surface area contributed by atoms with E-state index < -0.39 is 15.9 Å². The summed E-state index contributed by atoms with van der Waals surface area (Å²) >= 11 is 1.17. The fourth-order valence-corrected chi connectivity index (χ4v) is 4.61. The Bertz CT molecular complexity index is 1190. The van der Waals surface area contributed by atoms with E-state index in [-0.39, 0.29) is 28.3 Å². The number of thiazole rings is 1. The molecule has 1 aliphatic carbocycles. The van der Waals surface area contributed by atoms with Crippen molar-refractivity contribution in [2.75, 3.05) is 16.6 Å². The van der Waals surface area contributed by atoms with Gasteiger partial charge in [0.2, 0.25) is 0 Å². The molecule has 0 unspecified atom stereocenters. The highest BCUT2D eigenvalue weighted by Gasteiger charge is 2.29. The van der Waals surface area contributed by atoms with Gasteiger partial charge in [-0.2, -0.15) is 0 Å². The molecule has 0 aliphatic heterocycles. The number of nitrogens with zero attached hydrogens (tertiary/aromatic N) is 1. The summed E-state index contributed by atoms with van der Waals surface area (Å²) in [6, 6.07) is 12.3. The number of ether oxygens (including phenoxy) is 1. The number of nitrogens with one attached hydrogen (secondary N) is 2. The SMILES string of the molecule is O=C(Nc1cccc(S(=O)(=O)Nc2nccs2)c1)c1ccc(OCC(=O)C2CC2)cc1. The Morgan fingerprint density at radius 2 is 1.90 bits per heavy atom. The zero-order chi connectivity index (χ0) is 21.8. The predicted molar refractivity (Wildman–Crippen MR) is 117 cm³/mol. The summed E-state index contributed by atoms with van der Waals surface area (Å²) in [7, 11) is -3.82. The van der Waals surface area contributed by atoms with Crippen molar-refractivity contribution in [1.82, 2.24) is 4.98 Å². The van der Waals surface area contributed by atoms with Crippen LogP contribution in [0.15, 0.2) is 65.0 Å². The van der Waals surface area contributed by atoms with Crippen LogP contribution in [0, 0.1) is 5.92 Å². The molecule has 1 heterocycles. The van der Waals surface area contributed by atoms with Gasteiger partial charge in [0.1, 0.15) is 12.4 Å². The van der Waals surface area contributed by atoms with Crippen LogP contribution in [0.5, 0.6) is 5.75 Å². The molecule has 8 nitrogen and oxygen atoms in total. The third-order valence-corrected chi connectivity index (χ3v) is 6.74. The lowest BCUT2D eigenvalue weighted by Crippen LogP contribution is -2.15. The Hall–Kier alpha value is -3.24. The number of carbonyl (C=O) groups is 2. The van der Waals surface area contributed by atoms with Gasteiger partial charge in [0, 0.05) is 28.7 Å². The lowest BCUT2D eigenvalue weighted by Gasteiger charge is -2.10. The maximum absolute atomic E-state index is 12.5. The maximum atomic E-state index is 12.5. The van der Waals surface area contributed by atoms with Crippen LogP contribution in [0.4, 0.5) is 10.8 Å². The summed E-state index contributed by atoms with van der Waals surface area (Å²) in [4.78, 5) is 28.1. The highest BCUT2D eigenvalue weighted by atomic mass is 32.2. The van der Waals surface area contributed by atoms with E-state index in [9.17, 15) is 18.0 Å². The van der Waals surface area contributed by atoms with Gasteiger partial charge in [0.05, 0.1) is 4.90 Å². The van der Waals surface area contributed by atoms with E-state index in [2.05, 4.69) is 15.0 Å². The van der Waals surface area contributed by atoms with Crippen molar-refractivity contribution in [2.24, 2.45) is 5.92 Å². The first-order chi connectivity index (χ1) is 14.9. The Morgan fingerprint density at radius 1 is 1.13 bits per heavy atom. The van der Waals surface area contributed by atoms with Crippen LogP contribution in [0.1, 0.15) is 23.2 Å². The minimum absolute atomic E-state index is 0.00424. The molecule has 1 fully saturated rings. The van der Waals surface area contributed by atoms with E-state index in [1.54, 1.807) is 41.8 Å². The Kier molecular flexibility index (Phi) is 6.01. The number of benzene rings is 2. The molecule has 160 valence electrons. The quantitative estimate of drug-likeness (QED) is 0.508. The third kappa shape index (κ3) is 5.47. The molecule has 1 amide bonds. The van der Waals surface area contributed by atoms with Gasteiger partial charge in [0.15, 0.2) is 10.9 Å². The number of Topliss-reactive ketones (excluding diaryl/α,β-unsaturated/α-hetero) is 1. The molecule has 0 atom stereocenters. The standard InChI is InChI=1S/C21H19N3O5S2/c25-19(14-4-5-14)13-29-17-8-6-15(7-9-17)20(26)23-16-2-1-3-18(12-16)31(27,28)24-21-22-10-11-30-21/h1-3,6-12,14H,4-5,13H2,(H,22,24)(H,23,26). The van der Waals surface area contributed by atoms with Gasteiger partial charge in [0.25, 0.3) is 15.9 Å². The van der Waals surface area contributed by atoms with Crippen LogP contribution in [0.3, 0.4) is 0 Å². The Balaban J connectivity index is 1.39. The van der Waals surface area contributed by atoms with Gasteiger partial charge in [-0.3, -0.25) is 14.3 Å². The molecule has 10 heteroatoms. The van der Waals surface area contributed by atoms with Crippen molar-refractivity contribution in [3.8, 4) is 5.75 Å². The van der Waals surface area contributed by atoms with Gasteiger partial charge >= 0.3 is 0 Å². The molecule has 1 aliphatic rings. The minimum Gasteiger partial charge on any atom is -0.486 e. The topological polar surface area (TPSA) is 114 Å².